The van der Waals surface area contributed by atoms with Crippen molar-refractivity contribution in [2.75, 3.05) is 0 Å². The van der Waals surface area contributed by atoms with E-state index in [1.807, 2.05) is 6.07 Å². The number of hydrogen-bond donors (Lipinski definition) is 1. The molecule has 0 nitrogen and oxygen atoms in total. The molecule has 0 aromatic heterocycles. The van der Waals surface area contributed by atoms with Gasteiger partial charge < -0.3 is 0 Å². The molecule has 0 aliphatic rings. The fraction of sp³-hybridized carbons (Fsp3) is 0.0196. The van der Waals surface area contributed by atoms with E-state index in [1.165, 1.54) is 98.4 Å². The predicted molar refractivity (Wildman–Crippen MR) is 228 cm³/mol. The zero-order chi connectivity index (χ0) is 34.8. The van der Waals surface area contributed by atoms with Crippen molar-refractivity contribution in [3.8, 4) is 44.5 Å². The molecule has 0 amide bonds. The van der Waals surface area contributed by atoms with Crippen LogP contribution >= 0.6 is 12.6 Å². The maximum atomic E-state index is 4.79. The van der Waals surface area contributed by atoms with Gasteiger partial charge in [0.1, 0.15) is 0 Å². The highest BCUT2D eigenvalue weighted by atomic mass is 32.1. The quantitative estimate of drug-likeness (QED) is 0.139. The summed E-state index contributed by atoms with van der Waals surface area (Å²) in [6.07, 6.45) is 0. The third-order valence-electron chi connectivity index (χ3n) is 10.9. The van der Waals surface area contributed by atoms with Crippen LogP contribution in [-0.4, -0.2) is 0 Å². The van der Waals surface area contributed by atoms with Gasteiger partial charge in [0.15, 0.2) is 0 Å². The van der Waals surface area contributed by atoms with E-state index in [1.54, 1.807) is 0 Å². The number of hydrogen-bond acceptors (Lipinski definition) is 1. The van der Waals surface area contributed by atoms with Gasteiger partial charge >= 0.3 is 0 Å². The maximum absolute atomic E-state index is 4.79. The number of rotatable bonds is 4. The van der Waals surface area contributed by atoms with E-state index in [9.17, 15) is 0 Å². The van der Waals surface area contributed by atoms with Crippen LogP contribution in [0.25, 0.3) is 98.4 Å². The highest BCUT2D eigenvalue weighted by Gasteiger charge is 2.15. The van der Waals surface area contributed by atoms with Crippen LogP contribution in [0.1, 0.15) is 5.56 Å². The molecular weight excluding hydrogens is 645 g/mol. The molecule has 0 radical (unpaired) electrons. The van der Waals surface area contributed by atoms with Gasteiger partial charge in [-0.3, -0.25) is 0 Å². The second kappa shape index (κ2) is 12.3. The fourth-order valence-corrected chi connectivity index (χ4v) is 8.60. The zero-order valence-electron chi connectivity index (χ0n) is 28.8. The van der Waals surface area contributed by atoms with Crippen LogP contribution in [0.5, 0.6) is 0 Å². The number of fused-ring (bicyclic) bond motifs is 8. The van der Waals surface area contributed by atoms with E-state index in [0.717, 1.165) is 10.5 Å². The van der Waals surface area contributed by atoms with Gasteiger partial charge in [-0.2, -0.15) is 0 Å². The molecule has 0 aliphatic carbocycles. The minimum atomic E-state index is 0.991. The van der Waals surface area contributed by atoms with E-state index in [2.05, 4.69) is 183 Å². The topological polar surface area (TPSA) is 0 Å². The average molecular weight is 679 g/mol. The van der Waals surface area contributed by atoms with E-state index in [4.69, 9.17) is 12.6 Å². The summed E-state index contributed by atoms with van der Waals surface area (Å²) < 4.78 is 0. The molecule has 0 unspecified atom stereocenters. The Bertz CT molecular complexity index is 3030. The summed E-state index contributed by atoms with van der Waals surface area (Å²) in [5.41, 5.74) is 11.1. The first-order valence-corrected chi connectivity index (χ1v) is 18.3. The third kappa shape index (κ3) is 5.00. The van der Waals surface area contributed by atoms with Crippen molar-refractivity contribution < 1.29 is 0 Å². The van der Waals surface area contributed by atoms with Gasteiger partial charge in [-0.25, -0.2) is 0 Å². The smallest absolute Gasteiger partial charge is 0.0119 e. The van der Waals surface area contributed by atoms with Gasteiger partial charge in [-0.05, 0) is 141 Å². The third-order valence-corrected chi connectivity index (χ3v) is 11.3. The molecular formula is C51H34S. The van der Waals surface area contributed by atoms with Gasteiger partial charge in [0.25, 0.3) is 0 Å². The van der Waals surface area contributed by atoms with Crippen LogP contribution in [0.3, 0.4) is 0 Å². The number of thiol groups is 1. The van der Waals surface area contributed by atoms with Gasteiger partial charge in [0.05, 0.1) is 0 Å². The van der Waals surface area contributed by atoms with E-state index in [-0.39, 0.29) is 0 Å². The fourth-order valence-electron chi connectivity index (χ4n) is 8.32. The monoisotopic (exact) mass is 678 g/mol. The van der Waals surface area contributed by atoms with Crippen molar-refractivity contribution in [3.63, 3.8) is 0 Å². The lowest BCUT2D eigenvalue weighted by Crippen LogP contribution is -1.91. The van der Waals surface area contributed by atoms with Crippen molar-refractivity contribution >= 4 is 66.5 Å². The zero-order valence-corrected chi connectivity index (χ0v) is 29.7. The van der Waals surface area contributed by atoms with Gasteiger partial charge in [-0.1, -0.05) is 152 Å². The summed E-state index contributed by atoms with van der Waals surface area (Å²) in [7, 11) is 0. The second-order valence-corrected chi connectivity index (χ2v) is 14.3. The predicted octanol–water partition coefficient (Wildman–Crippen LogP) is 14.7. The van der Waals surface area contributed by atoms with Gasteiger partial charge in [0, 0.05) is 4.90 Å². The summed E-state index contributed by atoms with van der Waals surface area (Å²) >= 11 is 4.79. The first-order chi connectivity index (χ1) is 25.6. The molecule has 0 fully saturated rings. The largest absolute Gasteiger partial charge is 0.143 e. The first-order valence-electron chi connectivity index (χ1n) is 17.9. The Labute approximate surface area is 309 Å². The summed E-state index contributed by atoms with van der Waals surface area (Å²) in [6.45, 7) is 2.23. The van der Waals surface area contributed by atoms with Crippen LogP contribution in [0.15, 0.2) is 187 Å². The van der Waals surface area contributed by atoms with Gasteiger partial charge in [0.2, 0.25) is 0 Å². The Morgan fingerprint density at radius 1 is 0.288 bits per heavy atom. The second-order valence-electron chi connectivity index (χ2n) is 13.9. The summed E-state index contributed by atoms with van der Waals surface area (Å²) in [5.74, 6) is 0. The van der Waals surface area contributed by atoms with E-state index >= 15 is 0 Å². The molecule has 0 saturated carbocycles. The molecule has 0 atom stereocenters. The Kier molecular flexibility index (Phi) is 7.23. The Balaban J connectivity index is 1.12. The normalized spacial score (nSPS) is 11.7. The highest BCUT2D eigenvalue weighted by Crippen LogP contribution is 2.41. The molecule has 0 bridgehead atoms. The lowest BCUT2D eigenvalue weighted by molar-refractivity contribution is 1.40. The molecule has 0 spiro atoms. The minimum Gasteiger partial charge on any atom is -0.143 e. The van der Waals surface area contributed by atoms with Crippen LogP contribution in [-0.2, 0) is 0 Å². The SMILES string of the molecule is Cc1c(-c2ccc3c4ccccc4c4ccc(-c5ccc6cc(-c7cccc8ccccc78)ccc6c5)cc4c3c2)cccc1-c1ccccc1S. The lowest BCUT2D eigenvalue weighted by atomic mass is 9.88. The van der Waals surface area contributed by atoms with Crippen molar-refractivity contribution in [2.24, 2.45) is 0 Å². The molecule has 0 aliphatic heterocycles. The van der Waals surface area contributed by atoms with Crippen molar-refractivity contribution in [2.45, 2.75) is 11.8 Å². The highest BCUT2D eigenvalue weighted by molar-refractivity contribution is 7.80. The summed E-state index contributed by atoms with van der Waals surface area (Å²) in [4.78, 5) is 0.991. The molecule has 10 aromatic carbocycles. The van der Waals surface area contributed by atoms with Crippen LogP contribution in [0, 0.1) is 6.92 Å². The Morgan fingerprint density at radius 2 is 0.750 bits per heavy atom. The first kappa shape index (κ1) is 30.7. The minimum absolute atomic E-state index is 0.991. The van der Waals surface area contributed by atoms with Crippen LogP contribution < -0.4 is 0 Å². The van der Waals surface area contributed by atoms with Gasteiger partial charge in [-0.15, -0.1) is 12.6 Å². The molecule has 10 aromatic rings. The molecule has 1 heteroatoms. The maximum Gasteiger partial charge on any atom is 0.0119 e. The molecule has 244 valence electrons. The van der Waals surface area contributed by atoms with Crippen LogP contribution in [0.4, 0.5) is 0 Å². The molecule has 0 N–H and O–H groups in total. The summed E-state index contributed by atoms with van der Waals surface area (Å²) in [6, 6.07) is 66.8. The van der Waals surface area contributed by atoms with Crippen molar-refractivity contribution in [1.29, 1.82) is 0 Å². The Morgan fingerprint density at radius 3 is 1.52 bits per heavy atom. The van der Waals surface area contributed by atoms with E-state index in [0.29, 0.717) is 0 Å². The number of benzene rings is 10. The Hall–Kier alpha value is -6.15. The van der Waals surface area contributed by atoms with Crippen molar-refractivity contribution in [3.05, 3.63) is 188 Å². The van der Waals surface area contributed by atoms with Crippen LogP contribution in [0.2, 0.25) is 0 Å². The standard InChI is InChI=1S/C51H34S/c1-32-40(16-9-17-41(32)48-15-6-7-19-51(48)52)39-25-27-47-45-14-5-4-13-44(45)46-26-24-37(30-49(46)50(47)31-39)35-20-21-36-29-38(23-22-34(36)28-35)43-18-8-11-33-10-2-3-12-42(33)43/h2-31,52H,1H3. The van der Waals surface area contributed by atoms with E-state index < -0.39 is 0 Å². The average Bonchev–Trinajstić information content (AvgIpc) is 3.20. The molecule has 52 heavy (non-hydrogen) atoms. The molecule has 0 heterocycles. The summed E-state index contributed by atoms with van der Waals surface area (Å²) in [5, 5.41) is 12.7. The molecule has 10 rings (SSSR count). The molecule has 0 saturated heterocycles. The van der Waals surface area contributed by atoms with Crippen molar-refractivity contribution in [1.82, 2.24) is 0 Å². The lowest BCUT2D eigenvalue weighted by Gasteiger charge is -2.16.